The summed E-state index contributed by atoms with van der Waals surface area (Å²) >= 11 is 0. The maximum absolute atomic E-state index is 13.3. The Labute approximate surface area is 168 Å². The molecule has 3 N–H and O–H groups in total. The van der Waals surface area contributed by atoms with E-state index in [4.69, 9.17) is 15.0 Å². The van der Waals surface area contributed by atoms with Gasteiger partial charge in [0, 0.05) is 6.04 Å². The summed E-state index contributed by atoms with van der Waals surface area (Å²) in [6, 6.07) is 7.87. The van der Waals surface area contributed by atoms with Gasteiger partial charge in [0.05, 0.1) is 15.5 Å². The molecule has 1 unspecified atom stereocenters. The lowest BCUT2D eigenvalue weighted by molar-refractivity contribution is -0.139. The van der Waals surface area contributed by atoms with E-state index in [0.29, 0.717) is 23.2 Å². The van der Waals surface area contributed by atoms with Crippen LogP contribution >= 0.6 is 0 Å². The van der Waals surface area contributed by atoms with Gasteiger partial charge in [-0.1, -0.05) is 0 Å². The van der Waals surface area contributed by atoms with Gasteiger partial charge in [0.2, 0.25) is 10.0 Å². The van der Waals surface area contributed by atoms with E-state index in [2.05, 4.69) is 0 Å². The molecule has 0 saturated carbocycles. The van der Waals surface area contributed by atoms with E-state index in [1.54, 1.807) is 13.8 Å². The Bertz CT molecular complexity index is 1190. The number of hydrogen-bond donors (Lipinski definition) is 2. The monoisotopic (exact) mass is 440 g/mol. The number of hydrogen-bond acceptors (Lipinski definition) is 6. The number of fused-ring (bicyclic) bond motifs is 1. The number of carboxylic acid groups (broad SMARTS) is 1. The van der Waals surface area contributed by atoms with Crippen LogP contribution in [-0.4, -0.2) is 40.6 Å². The summed E-state index contributed by atoms with van der Waals surface area (Å²) in [5.74, 6) is -0.860. The molecule has 1 aliphatic heterocycles. The molecule has 0 bridgehead atoms. The van der Waals surface area contributed by atoms with Crippen LogP contribution < -0.4 is 14.2 Å². The van der Waals surface area contributed by atoms with E-state index in [1.165, 1.54) is 40.7 Å². The summed E-state index contributed by atoms with van der Waals surface area (Å²) in [7, 11) is -7.83. The minimum absolute atomic E-state index is 0.0212. The number of carbonyl (C=O) groups is 1. The highest BCUT2D eigenvalue weighted by Crippen LogP contribution is 2.38. The molecule has 2 aromatic rings. The fraction of sp³-hybridized carbons (Fsp3) is 0.278. The molecule has 0 aromatic heterocycles. The molecule has 0 amide bonds. The van der Waals surface area contributed by atoms with Crippen molar-refractivity contribution >= 4 is 31.7 Å². The average Bonchev–Trinajstić information content (AvgIpc) is 2.95. The van der Waals surface area contributed by atoms with Crippen LogP contribution in [0.5, 0.6) is 5.75 Å². The number of anilines is 1. The summed E-state index contributed by atoms with van der Waals surface area (Å²) < 4.78 is 56.1. The topological polar surface area (TPSA) is 144 Å². The molecule has 0 saturated heterocycles. The van der Waals surface area contributed by atoms with Gasteiger partial charge in [-0.15, -0.1) is 0 Å². The second-order valence-electron chi connectivity index (χ2n) is 6.80. The molecule has 1 heterocycles. The summed E-state index contributed by atoms with van der Waals surface area (Å²) in [6.45, 7) is 2.82. The number of aryl methyl sites for hydroxylation is 1. The Morgan fingerprint density at radius 1 is 1.17 bits per heavy atom. The van der Waals surface area contributed by atoms with Gasteiger partial charge in [-0.05, 0) is 67.8 Å². The number of nitrogens with two attached hydrogens (primary N) is 1. The van der Waals surface area contributed by atoms with Gasteiger partial charge >= 0.3 is 5.97 Å². The molecule has 1 aliphatic rings. The van der Waals surface area contributed by atoms with E-state index in [-0.39, 0.29) is 15.5 Å². The van der Waals surface area contributed by atoms with Crippen LogP contribution in [0.1, 0.15) is 18.1 Å². The molecular weight excluding hydrogens is 420 g/mol. The first-order valence-electron chi connectivity index (χ1n) is 8.56. The number of sulfonamides is 2. The fourth-order valence-corrected chi connectivity index (χ4v) is 5.66. The van der Waals surface area contributed by atoms with Crippen molar-refractivity contribution in [3.8, 4) is 5.75 Å². The van der Waals surface area contributed by atoms with Crippen LogP contribution in [-0.2, 0) is 31.3 Å². The minimum Gasteiger partial charge on any atom is -0.482 e. The van der Waals surface area contributed by atoms with Crippen LogP contribution in [0.3, 0.4) is 0 Å². The summed E-state index contributed by atoms with van der Waals surface area (Å²) in [4.78, 5) is 10.6. The Morgan fingerprint density at radius 3 is 2.41 bits per heavy atom. The Kier molecular flexibility index (Phi) is 5.32. The number of rotatable bonds is 6. The minimum atomic E-state index is -3.94. The van der Waals surface area contributed by atoms with Gasteiger partial charge in [0.25, 0.3) is 10.0 Å². The average molecular weight is 440 g/mol. The number of benzene rings is 2. The van der Waals surface area contributed by atoms with Gasteiger partial charge in [0.15, 0.2) is 6.61 Å². The fourth-order valence-electron chi connectivity index (χ4n) is 3.32. The van der Waals surface area contributed by atoms with Gasteiger partial charge in [-0.2, -0.15) is 0 Å². The lowest BCUT2D eigenvalue weighted by atomic mass is 10.1. The van der Waals surface area contributed by atoms with Crippen molar-refractivity contribution in [2.45, 2.75) is 36.1 Å². The first-order chi connectivity index (χ1) is 13.4. The van der Waals surface area contributed by atoms with Crippen molar-refractivity contribution in [1.82, 2.24) is 0 Å². The van der Waals surface area contributed by atoms with Crippen molar-refractivity contribution in [1.29, 1.82) is 0 Å². The van der Waals surface area contributed by atoms with Gasteiger partial charge in [-0.3, -0.25) is 4.31 Å². The van der Waals surface area contributed by atoms with E-state index < -0.39 is 38.7 Å². The second-order valence-corrected chi connectivity index (χ2v) is 10.2. The van der Waals surface area contributed by atoms with E-state index >= 15 is 0 Å². The predicted octanol–water partition coefficient (Wildman–Crippen LogP) is 1.25. The van der Waals surface area contributed by atoms with Crippen molar-refractivity contribution in [3.05, 3.63) is 47.5 Å². The summed E-state index contributed by atoms with van der Waals surface area (Å²) in [5, 5.41) is 13.9. The van der Waals surface area contributed by atoms with E-state index in [9.17, 15) is 21.6 Å². The zero-order valence-electron chi connectivity index (χ0n) is 15.7. The Hall–Kier alpha value is -2.63. The summed E-state index contributed by atoms with van der Waals surface area (Å²) in [5.41, 5.74) is 1.45. The Balaban J connectivity index is 1.99. The zero-order valence-corrected chi connectivity index (χ0v) is 17.3. The third-order valence-electron chi connectivity index (χ3n) is 4.59. The maximum Gasteiger partial charge on any atom is 0.341 e. The van der Waals surface area contributed by atoms with Gasteiger partial charge < -0.3 is 9.84 Å². The predicted molar refractivity (Wildman–Crippen MR) is 105 cm³/mol. The van der Waals surface area contributed by atoms with E-state index in [1.807, 2.05) is 0 Å². The highest BCUT2D eigenvalue weighted by Gasteiger charge is 2.36. The molecule has 1 atom stereocenters. The van der Waals surface area contributed by atoms with Gasteiger partial charge in [0.1, 0.15) is 5.75 Å². The molecule has 2 aromatic carbocycles. The maximum atomic E-state index is 13.3. The molecule has 11 heteroatoms. The molecule has 0 spiro atoms. The zero-order chi connectivity index (χ0) is 21.6. The smallest absolute Gasteiger partial charge is 0.341 e. The molecule has 0 aliphatic carbocycles. The molecule has 29 heavy (non-hydrogen) atoms. The van der Waals surface area contributed by atoms with Crippen LogP contribution in [0, 0.1) is 6.92 Å². The molecule has 9 nitrogen and oxygen atoms in total. The van der Waals surface area contributed by atoms with Crippen molar-refractivity contribution in [2.75, 3.05) is 10.9 Å². The third kappa shape index (κ3) is 4.07. The van der Waals surface area contributed by atoms with Crippen LogP contribution in [0.4, 0.5) is 5.69 Å². The number of nitrogens with zero attached hydrogens (tertiary/aromatic N) is 1. The number of primary sulfonamides is 1. The molecule has 0 radical (unpaired) electrons. The van der Waals surface area contributed by atoms with Crippen molar-refractivity contribution in [3.63, 3.8) is 0 Å². The first kappa shape index (κ1) is 21.1. The lowest BCUT2D eigenvalue weighted by Crippen LogP contribution is -2.35. The number of carboxylic acids is 1. The summed E-state index contributed by atoms with van der Waals surface area (Å²) in [6.07, 6.45) is 0.344. The SMILES string of the molecule is Cc1cc(S(=O)(=O)N2c3ccc(S(N)(=O)=O)cc3CC2C)ccc1OCC(=O)O. The third-order valence-corrected chi connectivity index (χ3v) is 7.42. The molecule has 0 fully saturated rings. The largest absolute Gasteiger partial charge is 0.482 e. The van der Waals surface area contributed by atoms with Crippen LogP contribution in [0.25, 0.3) is 0 Å². The molecular formula is C18H20N2O7S2. The quantitative estimate of drug-likeness (QED) is 0.688. The van der Waals surface area contributed by atoms with Crippen molar-refractivity contribution in [2.24, 2.45) is 5.14 Å². The van der Waals surface area contributed by atoms with Gasteiger partial charge in [-0.25, -0.2) is 26.8 Å². The highest BCUT2D eigenvalue weighted by molar-refractivity contribution is 7.93. The first-order valence-corrected chi connectivity index (χ1v) is 11.6. The van der Waals surface area contributed by atoms with Crippen LogP contribution in [0.15, 0.2) is 46.2 Å². The Morgan fingerprint density at radius 2 is 1.83 bits per heavy atom. The van der Waals surface area contributed by atoms with Crippen LogP contribution in [0.2, 0.25) is 0 Å². The van der Waals surface area contributed by atoms with E-state index in [0.717, 1.165) is 0 Å². The number of ether oxygens (including phenoxy) is 1. The molecule has 156 valence electrons. The lowest BCUT2D eigenvalue weighted by Gasteiger charge is -2.25. The highest BCUT2D eigenvalue weighted by atomic mass is 32.2. The second kappa shape index (κ2) is 7.32. The molecule has 3 rings (SSSR count). The number of aliphatic carboxylic acids is 1. The standard InChI is InChI=1S/C18H20N2O7S2/c1-11-7-15(4-6-17(11)27-10-18(21)22)29(25,26)20-12(2)8-13-9-14(28(19,23)24)3-5-16(13)20/h3-7,9,12H,8,10H2,1-2H3,(H,21,22)(H2,19,23,24). The van der Waals surface area contributed by atoms with Crippen molar-refractivity contribution < 1.29 is 31.5 Å². The normalized spacial score (nSPS) is 16.5.